The van der Waals surface area contributed by atoms with Gasteiger partial charge in [0.1, 0.15) is 0 Å². The Labute approximate surface area is 97.7 Å². The summed E-state index contributed by atoms with van der Waals surface area (Å²) in [4.78, 5) is 0. The number of nitrogens with one attached hydrogen (secondary N) is 1. The smallest absolute Gasteiger partial charge is 0.0676 e. The molecule has 1 aliphatic heterocycles. The standard InChI is InChI=1S/C13H21N3/c1-3-12-11(9-10(2)15-16-12)13-7-5-4-6-8-14-13/h9,13-14H,3-8H2,1-2H3. The largest absolute Gasteiger partial charge is 0.310 e. The molecule has 0 aromatic carbocycles. The molecular weight excluding hydrogens is 198 g/mol. The molecule has 3 nitrogen and oxygen atoms in total. The molecule has 1 aliphatic rings. The molecule has 0 saturated carbocycles. The molecule has 1 unspecified atom stereocenters. The average molecular weight is 219 g/mol. The molecule has 0 radical (unpaired) electrons. The van der Waals surface area contributed by atoms with E-state index < -0.39 is 0 Å². The third kappa shape index (κ3) is 2.59. The van der Waals surface area contributed by atoms with Crippen molar-refractivity contribution in [1.29, 1.82) is 0 Å². The highest BCUT2D eigenvalue weighted by Gasteiger charge is 2.17. The van der Waals surface area contributed by atoms with Crippen LogP contribution in [0.3, 0.4) is 0 Å². The Kier molecular flexibility index (Phi) is 3.88. The quantitative estimate of drug-likeness (QED) is 0.830. The molecule has 16 heavy (non-hydrogen) atoms. The van der Waals surface area contributed by atoms with E-state index in [2.05, 4.69) is 28.5 Å². The van der Waals surface area contributed by atoms with Crippen LogP contribution < -0.4 is 5.32 Å². The lowest BCUT2D eigenvalue weighted by atomic mass is 9.99. The fourth-order valence-electron chi connectivity index (χ4n) is 2.40. The maximum atomic E-state index is 4.31. The van der Waals surface area contributed by atoms with Crippen molar-refractivity contribution in [1.82, 2.24) is 15.5 Å². The Morgan fingerprint density at radius 1 is 1.31 bits per heavy atom. The Hall–Kier alpha value is -0.960. The molecule has 88 valence electrons. The van der Waals surface area contributed by atoms with E-state index >= 15 is 0 Å². The molecule has 1 fully saturated rings. The van der Waals surface area contributed by atoms with Gasteiger partial charge in [-0.15, -0.1) is 0 Å². The van der Waals surface area contributed by atoms with Crippen LogP contribution in [0, 0.1) is 6.92 Å². The number of hydrogen-bond acceptors (Lipinski definition) is 3. The molecule has 2 rings (SSSR count). The Balaban J connectivity index is 2.25. The molecule has 0 aliphatic carbocycles. The lowest BCUT2D eigenvalue weighted by Gasteiger charge is -2.18. The zero-order valence-electron chi connectivity index (χ0n) is 10.3. The minimum absolute atomic E-state index is 0.492. The first kappa shape index (κ1) is 11.5. The highest BCUT2D eigenvalue weighted by atomic mass is 15.1. The predicted molar refractivity (Wildman–Crippen MR) is 65.4 cm³/mol. The number of aryl methyl sites for hydroxylation is 2. The Morgan fingerprint density at radius 2 is 2.19 bits per heavy atom. The Morgan fingerprint density at radius 3 is 3.00 bits per heavy atom. The van der Waals surface area contributed by atoms with Gasteiger partial charge in [0, 0.05) is 6.04 Å². The zero-order chi connectivity index (χ0) is 11.4. The molecule has 0 spiro atoms. The predicted octanol–water partition coefficient (Wildman–Crippen LogP) is 2.55. The maximum absolute atomic E-state index is 4.31. The second kappa shape index (κ2) is 5.39. The third-order valence-electron chi connectivity index (χ3n) is 3.30. The van der Waals surface area contributed by atoms with Crippen molar-refractivity contribution in [2.24, 2.45) is 0 Å². The molecular formula is C13H21N3. The number of nitrogens with zero attached hydrogens (tertiary/aromatic N) is 2. The zero-order valence-corrected chi connectivity index (χ0v) is 10.3. The van der Waals surface area contributed by atoms with Crippen molar-refractivity contribution in [3.05, 3.63) is 23.0 Å². The van der Waals surface area contributed by atoms with Gasteiger partial charge in [0.15, 0.2) is 0 Å². The molecule has 0 bridgehead atoms. The van der Waals surface area contributed by atoms with E-state index in [0.717, 1.165) is 24.4 Å². The fourth-order valence-corrected chi connectivity index (χ4v) is 2.40. The molecule has 1 N–H and O–H groups in total. The molecule has 3 heteroatoms. The van der Waals surface area contributed by atoms with Crippen LogP contribution in [0.25, 0.3) is 0 Å². The summed E-state index contributed by atoms with van der Waals surface area (Å²) in [6.07, 6.45) is 6.18. The van der Waals surface area contributed by atoms with Crippen LogP contribution in [-0.2, 0) is 6.42 Å². The Bertz CT molecular complexity index is 341. The van der Waals surface area contributed by atoms with E-state index in [1.165, 1.54) is 31.2 Å². The fraction of sp³-hybridized carbons (Fsp3) is 0.692. The number of hydrogen-bond donors (Lipinski definition) is 1. The lowest BCUT2D eigenvalue weighted by Crippen LogP contribution is -2.22. The van der Waals surface area contributed by atoms with Crippen molar-refractivity contribution >= 4 is 0 Å². The highest BCUT2D eigenvalue weighted by molar-refractivity contribution is 5.25. The van der Waals surface area contributed by atoms with Gasteiger partial charge in [-0.2, -0.15) is 10.2 Å². The summed E-state index contributed by atoms with van der Waals surface area (Å²) in [6, 6.07) is 2.70. The van der Waals surface area contributed by atoms with Crippen LogP contribution in [-0.4, -0.2) is 16.7 Å². The summed E-state index contributed by atoms with van der Waals surface area (Å²) in [6.45, 7) is 5.31. The molecule has 0 amide bonds. The van der Waals surface area contributed by atoms with Gasteiger partial charge < -0.3 is 5.32 Å². The van der Waals surface area contributed by atoms with Gasteiger partial charge in [-0.25, -0.2) is 0 Å². The van der Waals surface area contributed by atoms with Gasteiger partial charge >= 0.3 is 0 Å². The number of rotatable bonds is 2. The van der Waals surface area contributed by atoms with Crippen LogP contribution in [0.1, 0.15) is 55.6 Å². The third-order valence-corrected chi connectivity index (χ3v) is 3.30. The van der Waals surface area contributed by atoms with Crippen molar-refractivity contribution < 1.29 is 0 Å². The molecule has 1 aromatic heterocycles. The first-order valence-corrected chi connectivity index (χ1v) is 6.37. The first-order chi connectivity index (χ1) is 7.81. The second-order valence-electron chi connectivity index (χ2n) is 4.60. The lowest BCUT2D eigenvalue weighted by molar-refractivity contribution is 0.525. The van der Waals surface area contributed by atoms with Gasteiger partial charge in [0.2, 0.25) is 0 Å². The van der Waals surface area contributed by atoms with E-state index in [1.54, 1.807) is 0 Å². The summed E-state index contributed by atoms with van der Waals surface area (Å²) in [7, 11) is 0. The van der Waals surface area contributed by atoms with Crippen molar-refractivity contribution in [3.8, 4) is 0 Å². The summed E-state index contributed by atoms with van der Waals surface area (Å²) in [5, 5.41) is 12.1. The van der Waals surface area contributed by atoms with Gasteiger partial charge in [-0.3, -0.25) is 0 Å². The van der Waals surface area contributed by atoms with E-state index in [-0.39, 0.29) is 0 Å². The van der Waals surface area contributed by atoms with Gasteiger partial charge in [-0.1, -0.05) is 19.8 Å². The van der Waals surface area contributed by atoms with E-state index in [0.29, 0.717) is 6.04 Å². The van der Waals surface area contributed by atoms with Crippen molar-refractivity contribution in [2.75, 3.05) is 6.54 Å². The van der Waals surface area contributed by atoms with E-state index in [9.17, 15) is 0 Å². The second-order valence-corrected chi connectivity index (χ2v) is 4.60. The van der Waals surface area contributed by atoms with E-state index in [4.69, 9.17) is 0 Å². The molecule has 1 aromatic rings. The van der Waals surface area contributed by atoms with Crippen LogP contribution >= 0.6 is 0 Å². The molecule has 2 heterocycles. The van der Waals surface area contributed by atoms with Crippen molar-refractivity contribution in [2.45, 2.75) is 52.0 Å². The van der Waals surface area contributed by atoms with Crippen molar-refractivity contribution in [3.63, 3.8) is 0 Å². The number of aromatic nitrogens is 2. The van der Waals surface area contributed by atoms with Crippen LogP contribution in [0.4, 0.5) is 0 Å². The van der Waals surface area contributed by atoms with Crippen LogP contribution in [0.5, 0.6) is 0 Å². The first-order valence-electron chi connectivity index (χ1n) is 6.37. The minimum atomic E-state index is 0.492. The molecule has 1 saturated heterocycles. The normalized spacial score (nSPS) is 21.8. The monoisotopic (exact) mass is 219 g/mol. The summed E-state index contributed by atoms with van der Waals surface area (Å²) in [5.41, 5.74) is 3.56. The maximum Gasteiger partial charge on any atom is 0.0676 e. The van der Waals surface area contributed by atoms with Gasteiger partial charge in [0.25, 0.3) is 0 Å². The summed E-state index contributed by atoms with van der Waals surface area (Å²) in [5.74, 6) is 0. The minimum Gasteiger partial charge on any atom is -0.310 e. The summed E-state index contributed by atoms with van der Waals surface area (Å²) >= 11 is 0. The topological polar surface area (TPSA) is 37.8 Å². The van der Waals surface area contributed by atoms with Crippen LogP contribution in [0.2, 0.25) is 0 Å². The highest BCUT2D eigenvalue weighted by Crippen LogP contribution is 2.25. The van der Waals surface area contributed by atoms with Crippen LogP contribution in [0.15, 0.2) is 6.07 Å². The van der Waals surface area contributed by atoms with Gasteiger partial charge in [0.05, 0.1) is 11.4 Å². The summed E-state index contributed by atoms with van der Waals surface area (Å²) < 4.78 is 0. The SMILES string of the molecule is CCc1nnc(C)cc1C1CCCCCN1. The molecule has 1 atom stereocenters. The average Bonchev–Trinajstić information content (AvgIpc) is 2.57. The van der Waals surface area contributed by atoms with Gasteiger partial charge in [-0.05, 0) is 44.4 Å². The van der Waals surface area contributed by atoms with E-state index in [1.807, 2.05) is 6.92 Å².